The Kier molecular flexibility index (Phi) is 5.58. The van der Waals surface area contributed by atoms with Gasteiger partial charge in [-0.25, -0.2) is 8.42 Å². The van der Waals surface area contributed by atoms with E-state index >= 15 is 0 Å². The van der Waals surface area contributed by atoms with Crippen LogP contribution in [0.1, 0.15) is 5.56 Å². The van der Waals surface area contributed by atoms with Gasteiger partial charge in [0.2, 0.25) is 0 Å². The van der Waals surface area contributed by atoms with Crippen LogP contribution in [0.25, 0.3) is 0 Å². The van der Waals surface area contributed by atoms with Crippen LogP contribution < -0.4 is 14.2 Å². The highest BCUT2D eigenvalue weighted by atomic mass is 35.5. The molecule has 7 heteroatoms. The topological polar surface area (TPSA) is 64.6 Å². The molecule has 1 N–H and O–H groups in total. The van der Waals surface area contributed by atoms with Gasteiger partial charge in [0.05, 0.1) is 17.7 Å². The normalized spacial score (nSPS) is 11.1. The minimum atomic E-state index is -3.80. The van der Waals surface area contributed by atoms with Gasteiger partial charge < -0.3 is 9.47 Å². The van der Waals surface area contributed by atoms with Crippen molar-refractivity contribution in [3.05, 3.63) is 77.3 Å². The second-order valence-corrected chi connectivity index (χ2v) is 7.93. The van der Waals surface area contributed by atoms with Gasteiger partial charge in [-0.1, -0.05) is 41.4 Å². The zero-order valence-corrected chi connectivity index (χ0v) is 16.3. The Labute approximate surface area is 163 Å². The quantitative estimate of drug-likeness (QED) is 0.610. The maximum Gasteiger partial charge on any atom is 0.262 e. The zero-order valence-electron chi connectivity index (χ0n) is 14.8. The molecular weight excluding hydrogens is 386 g/mol. The Balaban J connectivity index is 1.96. The predicted molar refractivity (Wildman–Crippen MR) is 107 cm³/mol. The van der Waals surface area contributed by atoms with Crippen LogP contribution in [-0.4, -0.2) is 15.5 Å². The van der Waals surface area contributed by atoms with Gasteiger partial charge >= 0.3 is 0 Å². The molecule has 27 heavy (non-hydrogen) atoms. The standard InChI is InChI=1S/C20H18ClNO4S/c1-14-7-10-16(11-8-14)27(23,24)22-17-13-15(21)9-12-18(17)26-20-6-4-3-5-19(20)25-2/h3-13,22H,1-2H3. The van der Waals surface area contributed by atoms with Gasteiger partial charge in [-0.2, -0.15) is 0 Å². The molecule has 0 heterocycles. The van der Waals surface area contributed by atoms with E-state index in [9.17, 15) is 8.42 Å². The Morgan fingerprint density at radius 3 is 2.22 bits per heavy atom. The second-order valence-electron chi connectivity index (χ2n) is 5.81. The largest absolute Gasteiger partial charge is 0.493 e. The van der Waals surface area contributed by atoms with Crippen molar-refractivity contribution in [3.8, 4) is 17.2 Å². The highest BCUT2D eigenvalue weighted by Gasteiger charge is 2.18. The fraction of sp³-hybridized carbons (Fsp3) is 0.100. The molecule has 0 saturated heterocycles. The fourth-order valence-corrected chi connectivity index (χ4v) is 3.65. The van der Waals surface area contributed by atoms with Crippen molar-refractivity contribution < 1.29 is 17.9 Å². The SMILES string of the molecule is COc1ccccc1Oc1ccc(Cl)cc1NS(=O)(=O)c1ccc(C)cc1. The van der Waals surface area contributed by atoms with E-state index in [0.29, 0.717) is 22.3 Å². The molecule has 0 aliphatic rings. The average Bonchev–Trinajstić information content (AvgIpc) is 2.64. The molecule has 0 spiro atoms. The summed E-state index contributed by atoms with van der Waals surface area (Å²) in [5, 5.41) is 0.379. The first kappa shape index (κ1) is 19.1. The number of nitrogens with one attached hydrogen (secondary N) is 1. The lowest BCUT2D eigenvalue weighted by molar-refractivity contribution is 0.379. The summed E-state index contributed by atoms with van der Waals surface area (Å²) in [6.07, 6.45) is 0. The third-order valence-electron chi connectivity index (χ3n) is 3.81. The van der Waals surface area contributed by atoms with Crippen molar-refractivity contribution in [2.45, 2.75) is 11.8 Å². The Hall–Kier alpha value is -2.70. The van der Waals surface area contributed by atoms with Crippen LogP contribution in [0.2, 0.25) is 5.02 Å². The summed E-state index contributed by atoms with van der Waals surface area (Å²) < 4.78 is 39.1. The van der Waals surface area contributed by atoms with Crippen LogP contribution in [0.5, 0.6) is 17.2 Å². The molecule has 0 amide bonds. The van der Waals surface area contributed by atoms with Crippen molar-refractivity contribution in [1.29, 1.82) is 0 Å². The number of hydrogen-bond donors (Lipinski definition) is 1. The number of ether oxygens (including phenoxy) is 2. The summed E-state index contributed by atoms with van der Waals surface area (Å²) in [5.74, 6) is 1.29. The lowest BCUT2D eigenvalue weighted by atomic mass is 10.2. The molecule has 140 valence electrons. The first-order valence-electron chi connectivity index (χ1n) is 8.09. The molecule has 0 unspecified atom stereocenters. The molecule has 0 aromatic heterocycles. The van der Waals surface area contributed by atoms with Crippen LogP contribution >= 0.6 is 11.6 Å². The molecule has 5 nitrogen and oxygen atoms in total. The van der Waals surface area contributed by atoms with Gasteiger partial charge in [0.15, 0.2) is 17.2 Å². The van der Waals surface area contributed by atoms with E-state index in [-0.39, 0.29) is 10.6 Å². The number of para-hydroxylation sites is 2. The number of anilines is 1. The molecule has 3 rings (SSSR count). The van der Waals surface area contributed by atoms with E-state index < -0.39 is 10.0 Å². The first-order valence-corrected chi connectivity index (χ1v) is 9.95. The van der Waals surface area contributed by atoms with Crippen LogP contribution in [0.15, 0.2) is 71.6 Å². The molecule has 0 fully saturated rings. The first-order chi connectivity index (χ1) is 12.9. The van der Waals surface area contributed by atoms with Crippen molar-refractivity contribution in [2.24, 2.45) is 0 Å². The number of halogens is 1. The monoisotopic (exact) mass is 403 g/mol. The summed E-state index contributed by atoms with van der Waals surface area (Å²) in [5.41, 5.74) is 1.20. The van der Waals surface area contributed by atoms with E-state index in [1.54, 1.807) is 54.6 Å². The van der Waals surface area contributed by atoms with Crippen LogP contribution in [-0.2, 0) is 10.0 Å². The second kappa shape index (κ2) is 7.90. The van der Waals surface area contributed by atoms with E-state index in [1.807, 2.05) is 13.0 Å². The fourth-order valence-electron chi connectivity index (χ4n) is 2.41. The minimum absolute atomic E-state index is 0.149. The summed E-state index contributed by atoms with van der Waals surface area (Å²) in [6, 6.07) is 18.4. The number of aryl methyl sites for hydroxylation is 1. The van der Waals surface area contributed by atoms with Crippen molar-refractivity contribution >= 4 is 27.3 Å². The summed E-state index contributed by atoms with van der Waals surface area (Å²) in [6.45, 7) is 1.89. The van der Waals surface area contributed by atoms with Gasteiger partial charge in [0, 0.05) is 5.02 Å². The van der Waals surface area contributed by atoms with Gasteiger partial charge in [0.1, 0.15) is 0 Å². The van der Waals surface area contributed by atoms with Gasteiger partial charge in [-0.15, -0.1) is 0 Å². The highest BCUT2D eigenvalue weighted by molar-refractivity contribution is 7.92. The molecule has 0 saturated carbocycles. The van der Waals surface area contributed by atoms with Gasteiger partial charge in [-0.3, -0.25) is 4.72 Å². The zero-order chi connectivity index (χ0) is 19.4. The lowest BCUT2D eigenvalue weighted by Gasteiger charge is -2.15. The van der Waals surface area contributed by atoms with E-state index in [0.717, 1.165) is 5.56 Å². The number of hydrogen-bond acceptors (Lipinski definition) is 4. The average molecular weight is 404 g/mol. The van der Waals surface area contributed by atoms with Crippen LogP contribution in [0.4, 0.5) is 5.69 Å². The van der Waals surface area contributed by atoms with Crippen molar-refractivity contribution in [2.75, 3.05) is 11.8 Å². The molecule has 0 radical (unpaired) electrons. The Morgan fingerprint density at radius 1 is 0.889 bits per heavy atom. The van der Waals surface area contributed by atoms with E-state index in [2.05, 4.69) is 4.72 Å². The molecular formula is C20H18ClNO4S. The van der Waals surface area contributed by atoms with Gasteiger partial charge in [-0.05, 0) is 49.4 Å². The Morgan fingerprint density at radius 2 is 1.56 bits per heavy atom. The smallest absolute Gasteiger partial charge is 0.262 e. The number of rotatable bonds is 6. The van der Waals surface area contributed by atoms with Crippen molar-refractivity contribution in [3.63, 3.8) is 0 Å². The third-order valence-corrected chi connectivity index (χ3v) is 5.42. The molecule has 0 atom stereocenters. The van der Waals surface area contributed by atoms with E-state index in [1.165, 1.54) is 13.2 Å². The van der Waals surface area contributed by atoms with Crippen LogP contribution in [0.3, 0.4) is 0 Å². The van der Waals surface area contributed by atoms with Crippen LogP contribution in [0, 0.1) is 6.92 Å². The van der Waals surface area contributed by atoms with Gasteiger partial charge in [0.25, 0.3) is 10.0 Å². The maximum atomic E-state index is 12.7. The molecule has 3 aromatic carbocycles. The number of methoxy groups -OCH3 is 1. The minimum Gasteiger partial charge on any atom is -0.493 e. The van der Waals surface area contributed by atoms with E-state index in [4.69, 9.17) is 21.1 Å². The summed E-state index contributed by atoms with van der Waals surface area (Å²) >= 11 is 6.06. The number of benzene rings is 3. The molecule has 0 aliphatic heterocycles. The van der Waals surface area contributed by atoms with Crippen molar-refractivity contribution in [1.82, 2.24) is 0 Å². The summed E-state index contributed by atoms with van der Waals surface area (Å²) in [7, 11) is -2.26. The molecule has 3 aromatic rings. The molecule has 0 aliphatic carbocycles. The lowest BCUT2D eigenvalue weighted by Crippen LogP contribution is -2.13. The highest BCUT2D eigenvalue weighted by Crippen LogP contribution is 2.37. The predicted octanol–water partition coefficient (Wildman–Crippen LogP) is 5.25. The third kappa shape index (κ3) is 4.53. The number of sulfonamides is 1. The summed E-state index contributed by atoms with van der Waals surface area (Å²) in [4.78, 5) is 0.149. The maximum absolute atomic E-state index is 12.7. The Bertz CT molecular complexity index is 1050. The molecule has 0 bridgehead atoms.